The van der Waals surface area contributed by atoms with E-state index < -0.39 is 34.3 Å². The van der Waals surface area contributed by atoms with Gasteiger partial charge in [0.05, 0.1) is 22.3 Å². The lowest BCUT2D eigenvalue weighted by atomic mass is 9.75. The third-order valence-electron chi connectivity index (χ3n) is 9.51. The first-order chi connectivity index (χ1) is 23.8. The fourth-order valence-electron chi connectivity index (χ4n) is 7.09. The molecule has 2 unspecified atom stereocenters. The summed E-state index contributed by atoms with van der Waals surface area (Å²) in [5.41, 5.74) is 9.13. The Morgan fingerprint density at radius 1 is 0.860 bits per heavy atom. The van der Waals surface area contributed by atoms with E-state index in [4.69, 9.17) is 5.73 Å². The lowest BCUT2D eigenvalue weighted by molar-refractivity contribution is -0.118. The zero-order chi connectivity index (χ0) is 35.6. The molecular weight excluding hydrogens is 662 g/mol. The van der Waals surface area contributed by atoms with Gasteiger partial charge in [0.25, 0.3) is 17.7 Å². The van der Waals surface area contributed by atoms with E-state index in [1.54, 1.807) is 65.7 Å². The molecule has 5 heterocycles. The van der Waals surface area contributed by atoms with Crippen LogP contribution >= 0.6 is 11.8 Å². The van der Waals surface area contributed by atoms with Crippen molar-refractivity contribution >= 4 is 69.9 Å². The van der Waals surface area contributed by atoms with Gasteiger partial charge in [-0.2, -0.15) is 0 Å². The van der Waals surface area contributed by atoms with Gasteiger partial charge in [0.15, 0.2) is 5.78 Å². The average Bonchev–Trinajstić information content (AvgIpc) is 3.72. The molecule has 2 aliphatic heterocycles. The lowest BCUT2D eigenvalue weighted by Crippen LogP contribution is -2.31. The van der Waals surface area contributed by atoms with Gasteiger partial charge in [-0.15, -0.1) is 11.8 Å². The predicted molar refractivity (Wildman–Crippen MR) is 187 cm³/mol. The number of carbonyl (C=O) groups is 6. The Labute approximate surface area is 290 Å². The summed E-state index contributed by atoms with van der Waals surface area (Å²) in [7, 11) is 5.00. The van der Waals surface area contributed by atoms with Crippen LogP contribution in [-0.4, -0.2) is 66.5 Å². The SMILES string of the molecule is C[C@@H]1CC2=C(CC(C(=O)Nc3cc(C(=O)Nc4cc(C(=O)Nc5cc(C(=O)NCCC(N)=O)n(C)c5)n(C)c4)n(C)c3)S2)C23C(=O)C2=CN=C13. The maximum Gasteiger partial charge on any atom is 0.272 e. The van der Waals surface area contributed by atoms with Gasteiger partial charge in [0.1, 0.15) is 22.5 Å². The van der Waals surface area contributed by atoms with Crippen LogP contribution in [0.25, 0.3) is 0 Å². The average molecular weight is 698 g/mol. The second kappa shape index (κ2) is 12.0. The summed E-state index contributed by atoms with van der Waals surface area (Å²) in [5.74, 6) is -1.80. The van der Waals surface area contributed by atoms with Crippen LogP contribution in [0.2, 0.25) is 0 Å². The highest BCUT2D eigenvalue weighted by atomic mass is 32.2. The minimum atomic E-state index is -0.691. The highest BCUT2D eigenvalue weighted by molar-refractivity contribution is 8.04. The fraction of sp³-hybridized carbons (Fsp3) is 0.324. The Balaban J connectivity index is 0.959. The van der Waals surface area contributed by atoms with E-state index in [1.807, 2.05) is 0 Å². The van der Waals surface area contributed by atoms with Gasteiger partial charge in [0, 0.05) is 76.1 Å². The van der Waals surface area contributed by atoms with Crippen LogP contribution in [0.3, 0.4) is 0 Å². The maximum absolute atomic E-state index is 13.4. The number of carbonyl (C=O) groups excluding carboxylic acids is 6. The molecule has 0 radical (unpaired) electrons. The molecule has 4 aliphatic rings. The number of allylic oxidation sites excluding steroid dienone is 3. The van der Waals surface area contributed by atoms with Gasteiger partial charge >= 0.3 is 0 Å². The molecule has 7 rings (SSSR count). The van der Waals surface area contributed by atoms with Crippen molar-refractivity contribution in [3.05, 3.63) is 76.1 Å². The molecule has 258 valence electrons. The molecular formula is C34H35N9O6S. The number of aryl methyl sites for hydroxylation is 3. The van der Waals surface area contributed by atoms with Crippen LogP contribution in [0.1, 0.15) is 57.7 Å². The zero-order valence-corrected chi connectivity index (χ0v) is 28.6. The largest absolute Gasteiger partial charge is 0.370 e. The second-order valence-electron chi connectivity index (χ2n) is 13.0. The molecule has 6 N–H and O–H groups in total. The molecule has 2 aliphatic carbocycles. The summed E-state index contributed by atoms with van der Waals surface area (Å²) in [4.78, 5) is 81.6. The summed E-state index contributed by atoms with van der Waals surface area (Å²) in [5, 5.41) is 10.7. The molecule has 5 amide bonds. The molecule has 16 heteroatoms. The van der Waals surface area contributed by atoms with Crippen molar-refractivity contribution in [2.24, 2.45) is 43.2 Å². The molecule has 3 atom stereocenters. The van der Waals surface area contributed by atoms with Gasteiger partial charge in [0.2, 0.25) is 11.8 Å². The van der Waals surface area contributed by atoms with Gasteiger partial charge in [-0.1, -0.05) is 6.92 Å². The Morgan fingerprint density at radius 2 is 1.40 bits per heavy atom. The summed E-state index contributed by atoms with van der Waals surface area (Å²) >= 11 is 1.51. The number of amides is 5. The van der Waals surface area contributed by atoms with Crippen LogP contribution in [-0.2, 0) is 35.5 Å². The molecule has 0 aromatic carbocycles. The highest BCUT2D eigenvalue weighted by Gasteiger charge is 2.71. The number of rotatable bonds is 10. The predicted octanol–water partition coefficient (Wildman–Crippen LogP) is 2.46. The zero-order valence-electron chi connectivity index (χ0n) is 27.7. The van der Waals surface area contributed by atoms with Gasteiger partial charge < -0.3 is 40.7 Å². The number of anilines is 3. The van der Waals surface area contributed by atoms with E-state index in [9.17, 15) is 28.8 Å². The van der Waals surface area contributed by atoms with E-state index in [0.717, 1.165) is 28.2 Å². The molecule has 50 heavy (non-hydrogen) atoms. The van der Waals surface area contributed by atoms with Crippen LogP contribution in [0, 0.1) is 11.3 Å². The summed E-state index contributed by atoms with van der Waals surface area (Å²) < 4.78 is 4.71. The van der Waals surface area contributed by atoms with E-state index >= 15 is 0 Å². The van der Waals surface area contributed by atoms with Crippen molar-refractivity contribution in [2.75, 3.05) is 22.5 Å². The topological polar surface area (TPSA) is 204 Å². The molecule has 1 saturated carbocycles. The van der Waals surface area contributed by atoms with Crippen molar-refractivity contribution in [3.63, 3.8) is 0 Å². The number of nitrogens with one attached hydrogen (secondary N) is 4. The molecule has 0 bridgehead atoms. The number of thioether (sulfide) groups is 1. The highest BCUT2D eigenvalue weighted by Crippen LogP contribution is 2.67. The fourth-order valence-corrected chi connectivity index (χ4v) is 8.57. The standard InChI is InChI=1S/C34H35N9O6S/c1-16-7-25-20(34-21(29(34)45)12-37-28(16)34)11-26(50-25)33(49)40-19-10-24(43(4)15-19)32(48)39-18-9-23(42(3)14-18)31(47)38-17-8-22(41(2)13-17)30(46)36-6-5-27(35)44/h8-10,12-16,26H,5-7,11H2,1-4H3,(H2,35,44)(H,36,46)(H,38,47)(H,39,48)(H,40,49)/t16-,26?,34?/m1/s1. The van der Waals surface area contributed by atoms with Crippen LogP contribution in [0.15, 0.2) is 64.0 Å². The Bertz CT molecular complexity index is 2150. The number of nitrogens with two attached hydrogens (primary N) is 1. The summed E-state index contributed by atoms with van der Waals surface area (Å²) in [6, 6.07) is 4.62. The van der Waals surface area contributed by atoms with Crippen LogP contribution in [0.5, 0.6) is 0 Å². The van der Waals surface area contributed by atoms with E-state index in [0.29, 0.717) is 23.5 Å². The minimum Gasteiger partial charge on any atom is -0.370 e. The summed E-state index contributed by atoms with van der Waals surface area (Å²) in [6.45, 7) is 2.17. The minimum absolute atomic E-state index is 0.00782. The van der Waals surface area contributed by atoms with Gasteiger partial charge in [-0.25, -0.2) is 0 Å². The number of Topliss-reactive ketones (excluding diaryl/α,β-unsaturated/α-hetero) is 1. The third-order valence-corrected chi connectivity index (χ3v) is 10.9. The molecule has 1 spiro atoms. The van der Waals surface area contributed by atoms with Crippen molar-refractivity contribution in [1.29, 1.82) is 0 Å². The number of nitrogens with zero attached hydrogens (tertiary/aromatic N) is 4. The monoisotopic (exact) mass is 697 g/mol. The number of primary amides is 1. The van der Waals surface area contributed by atoms with Crippen molar-refractivity contribution in [2.45, 2.75) is 31.4 Å². The van der Waals surface area contributed by atoms with E-state index in [2.05, 4.69) is 33.2 Å². The second-order valence-corrected chi connectivity index (χ2v) is 14.3. The van der Waals surface area contributed by atoms with Gasteiger partial charge in [-0.3, -0.25) is 33.8 Å². The van der Waals surface area contributed by atoms with Crippen molar-refractivity contribution in [1.82, 2.24) is 19.0 Å². The molecule has 3 aromatic heterocycles. The van der Waals surface area contributed by atoms with Crippen molar-refractivity contribution in [3.8, 4) is 0 Å². The lowest BCUT2D eigenvalue weighted by Gasteiger charge is -2.27. The molecule has 3 aromatic rings. The van der Waals surface area contributed by atoms with E-state index in [1.165, 1.54) is 23.9 Å². The van der Waals surface area contributed by atoms with Crippen molar-refractivity contribution < 1.29 is 28.8 Å². The number of aromatic nitrogens is 3. The first-order valence-electron chi connectivity index (χ1n) is 16.0. The number of ketones is 1. The number of aliphatic imine (C=N–C) groups is 1. The first kappa shape index (κ1) is 32.9. The quantitative estimate of drug-likeness (QED) is 0.214. The third kappa shape index (κ3) is 5.45. The number of hydrogen-bond donors (Lipinski definition) is 5. The first-order valence-corrected chi connectivity index (χ1v) is 16.9. The smallest absolute Gasteiger partial charge is 0.272 e. The Hall–Kier alpha value is -5.64. The maximum atomic E-state index is 13.4. The van der Waals surface area contributed by atoms with Gasteiger partial charge in [-0.05, 0) is 41.5 Å². The molecule has 0 saturated heterocycles. The Kier molecular flexibility index (Phi) is 7.92. The summed E-state index contributed by atoms with van der Waals surface area (Å²) in [6.07, 6.45) is 7.77. The normalized spacial score (nSPS) is 21.5. The van der Waals surface area contributed by atoms with Crippen LogP contribution in [0.4, 0.5) is 17.1 Å². The molecule has 15 nitrogen and oxygen atoms in total. The molecule has 1 fully saturated rings. The Morgan fingerprint density at radius 3 is 1.94 bits per heavy atom. The van der Waals surface area contributed by atoms with E-state index in [-0.39, 0.29) is 47.7 Å². The van der Waals surface area contributed by atoms with Crippen LogP contribution < -0.4 is 27.0 Å². The number of hydrogen-bond acceptors (Lipinski definition) is 8.